The molecule has 3 nitrogen and oxygen atoms in total. The van der Waals surface area contributed by atoms with E-state index in [4.69, 9.17) is 10.5 Å². The molecule has 14 heavy (non-hydrogen) atoms. The SMILES string of the molecule is CC(N)CCC(=O)OCC1CCCC1. The Morgan fingerprint density at radius 2 is 2.14 bits per heavy atom. The highest BCUT2D eigenvalue weighted by Gasteiger charge is 2.16. The van der Waals surface area contributed by atoms with Crippen molar-refractivity contribution in [3.8, 4) is 0 Å². The van der Waals surface area contributed by atoms with E-state index in [1.807, 2.05) is 6.92 Å². The molecule has 82 valence electrons. The molecule has 0 aliphatic heterocycles. The summed E-state index contributed by atoms with van der Waals surface area (Å²) in [6.07, 6.45) is 6.22. The van der Waals surface area contributed by atoms with Crippen LogP contribution >= 0.6 is 0 Å². The fourth-order valence-corrected chi connectivity index (χ4v) is 1.81. The molecule has 1 fully saturated rings. The molecular weight excluding hydrogens is 178 g/mol. The van der Waals surface area contributed by atoms with Crippen molar-refractivity contribution in [1.82, 2.24) is 0 Å². The van der Waals surface area contributed by atoms with Crippen molar-refractivity contribution in [2.24, 2.45) is 11.7 Å². The average Bonchev–Trinajstić information content (AvgIpc) is 2.63. The van der Waals surface area contributed by atoms with Crippen molar-refractivity contribution in [2.75, 3.05) is 6.61 Å². The average molecular weight is 199 g/mol. The van der Waals surface area contributed by atoms with Crippen LogP contribution < -0.4 is 5.73 Å². The van der Waals surface area contributed by atoms with Crippen LogP contribution in [0.1, 0.15) is 45.4 Å². The highest BCUT2D eigenvalue weighted by molar-refractivity contribution is 5.69. The largest absolute Gasteiger partial charge is 0.465 e. The van der Waals surface area contributed by atoms with E-state index in [1.54, 1.807) is 0 Å². The van der Waals surface area contributed by atoms with Gasteiger partial charge in [-0.2, -0.15) is 0 Å². The van der Waals surface area contributed by atoms with Gasteiger partial charge in [0.25, 0.3) is 0 Å². The minimum atomic E-state index is -0.0887. The van der Waals surface area contributed by atoms with Gasteiger partial charge in [0.1, 0.15) is 0 Å². The van der Waals surface area contributed by atoms with Crippen molar-refractivity contribution < 1.29 is 9.53 Å². The molecule has 1 atom stereocenters. The van der Waals surface area contributed by atoms with Crippen molar-refractivity contribution in [3.05, 3.63) is 0 Å². The second kappa shape index (κ2) is 6.02. The molecule has 1 unspecified atom stereocenters. The highest BCUT2D eigenvalue weighted by atomic mass is 16.5. The lowest BCUT2D eigenvalue weighted by atomic mass is 10.1. The first-order chi connectivity index (χ1) is 6.68. The minimum absolute atomic E-state index is 0.0887. The molecule has 3 heteroatoms. The molecule has 0 heterocycles. The van der Waals surface area contributed by atoms with Crippen molar-refractivity contribution >= 4 is 5.97 Å². The Morgan fingerprint density at radius 3 is 2.71 bits per heavy atom. The Morgan fingerprint density at radius 1 is 1.50 bits per heavy atom. The van der Waals surface area contributed by atoms with Crippen molar-refractivity contribution in [1.29, 1.82) is 0 Å². The van der Waals surface area contributed by atoms with Crippen LogP contribution in [0.25, 0.3) is 0 Å². The Kier molecular flexibility index (Phi) is 4.94. The van der Waals surface area contributed by atoms with E-state index in [9.17, 15) is 4.79 Å². The van der Waals surface area contributed by atoms with Crippen LogP contribution in [0.4, 0.5) is 0 Å². The summed E-state index contributed by atoms with van der Waals surface area (Å²) >= 11 is 0. The molecule has 0 radical (unpaired) electrons. The topological polar surface area (TPSA) is 52.3 Å². The molecule has 0 bridgehead atoms. The van der Waals surface area contributed by atoms with Gasteiger partial charge in [-0.1, -0.05) is 12.8 Å². The first kappa shape index (κ1) is 11.5. The van der Waals surface area contributed by atoms with Gasteiger partial charge in [-0.15, -0.1) is 0 Å². The number of carbonyl (C=O) groups excluding carboxylic acids is 1. The first-order valence-electron chi connectivity index (χ1n) is 5.59. The van der Waals surface area contributed by atoms with Gasteiger partial charge in [0.15, 0.2) is 0 Å². The zero-order valence-electron chi connectivity index (χ0n) is 9.00. The first-order valence-corrected chi connectivity index (χ1v) is 5.59. The van der Waals surface area contributed by atoms with Crippen LogP contribution in [-0.2, 0) is 9.53 Å². The smallest absolute Gasteiger partial charge is 0.305 e. The molecule has 0 aromatic rings. The van der Waals surface area contributed by atoms with E-state index < -0.39 is 0 Å². The van der Waals surface area contributed by atoms with E-state index in [2.05, 4.69) is 0 Å². The summed E-state index contributed by atoms with van der Waals surface area (Å²) in [5, 5.41) is 0. The standard InChI is InChI=1S/C11H21NO2/c1-9(12)6-7-11(13)14-8-10-4-2-3-5-10/h9-10H,2-8,12H2,1H3. The van der Waals surface area contributed by atoms with Crippen LogP contribution in [0.2, 0.25) is 0 Å². The lowest BCUT2D eigenvalue weighted by Crippen LogP contribution is -2.18. The van der Waals surface area contributed by atoms with Gasteiger partial charge < -0.3 is 10.5 Å². The fraction of sp³-hybridized carbons (Fsp3) is 0.909. The maximum atomic E-state index is 11.2. The number of nitrogens with two attached hydrogens (primary N) is 1. The van der Waals surface area contributed by atoms with Gasteiger partial charge in [0, 0.05) is 12.5 Å². The summed E-state index contributed by atoms with van der Waals surface area (Å²) in [5.74, 6) is 0.531. The molecule has 1 saturated carbocycles. The summed E-state index contributed by atoms with van der Waals surface area (Å²) in [4.78, 5) is 11.2. The molecule has 1 rings (SSSR count). The number of esters is 1. The third-order valence-electron chi connectivity index (χ3n) is 2.76. The van der Waals surface area contributed by atoms with Crippen LogP contribution in [-0.4, -0.2) is 18.6 Å². The number of hydrogen-bond acceptors (Lipinski definition) is 3. The van der Waals surface area contributed by atoms with Crippen LogP contribution in [0, 0.1) is 5.92 Å². The third-order valence-corrected chi connectivity index (χ3v) is 2.76. The van der Waals surface area contributed by atoms with Gasteiger partial charge in [0.2, 0.25) is 0 Å². The second-order valence-electron chi connectivity index (χ2n) is 4.35. The molecule has 0 saturated heterocycles. The maximum absolute atomic E-state index is 11.2. The lowest BCUT2D eigenvalue weighted by molar-refractivity contribution is -0.145. The van der Waals surface area contributed by atoms with Crippen LogP contribution in [0.5, 0.6) is 0 Å². The molecular formula is C11H21NO2. The maximum Gasteiger partial charge on any atom is 0.305 e. The molecule has 0 spiro atoms. The van der Waals surface area contributed by atoms with Gasteiger partial charge in [-0.3, -0.25) is 4.79 Å². The molecule has 0 aromatic carbocycles. The zero-order chi connectivity index (χ0) is 10.4. The zero-order valence-corrected chi connectivity index (χ0v) is 9.00. The minimum Gasteiger partial charge on any atom is -0.465 e. The predicted molar refractivity (Wildman–Crippen MR) is 55.8 cm³/mol. The molecule has 0 aromatic heterocycles. The second-order valence-corrected chi connectivity index (χ2v) is 4.35. The Bertz CT molecular complexity index is 174. The number of carbonyl (C=O) groups is 1. The monoisotopic (exact) mass is 199 g/mol. The molecule has 2 N–H and O–H groups in total. The summed E-state index contributed by atoms with van der Waals surface area (Å²) in [7, 11) is 0. The van der Waals surface area contributed by atoms with E-state index in [-0.39, 0.29) is 12.0 Å². The number of hydrogen-bond donors (Lipinski definition) is 1. The van der Waals surface area contributed by atoms with Gasteiger partial charge in [-0.25, -0.2) is 0 Å². The van der Waals surface area contributed by atoms with Crippen LogP contribution in [0.3, 0.4) is 0 Å². The fourth-order valence-electron chi connectivity index (χ4n) is 1.81. The van der Waals surface area contributed by atoms with Gasteiger partial charge in [-0.05, 0) is 32.1 Å². The molecule has 0 amide bonds. The summed E-state index contributed by atoms with van der Waals surface area (Å²) < 4.78 is 5.18. The number of rotatable bonds is 5. The van der Waals surface area contributed by atoms with E-state index >= 15 is 0 Å². The van der Waals surface area contributed by atoms with E-state index in [0.717, 1.165) is 6.42 Å². The van der Waals surface area contributed by atoms with E-state index in [0.29, 0.717) is 18.9 Å². The quantitative estimate of drug-likeness (QED) is 0.687. The van der Waals surface area contributed by atoms with Crippen LogP contribution in [0.15, 0.2) is 0 Å². The van der Waals surface area contributed by atoms with Gasteiger partial charge in [0.05, 0.1) is 6.61 Å². The summed E-state index contributed by atoms with van der Waals surface area (Å²) in [6.45, 7) is 2.53. The Labute approximate surface area is 86.0 Å². The van der Waals surface area contributed by atoms with E-state index in [1.165, 1.54) is 25.7 Å². The van der Waals surface area contributed by atoms with Crippen molar-refractivity contribution in [2.45, 2.75) is 51.5 Å². The van der Waals surface area contributed by atoms with Crippen molar-refractivity contribution in [3.63, 3.8) is 0 Å². The number of ether oxygens (including phenoxy) is 1. The molecule has 1 aliphatic carbocycles. The third kappa shape index (κ3) is 4.61. The highest BCUT2D eigenvalue weighted by Crippen LogP contribution is 2.24. The predicted octanol–water partition coefficient (Wildman–Crippen LogP) is 1.85. The summed E-state index contributed by atoms with van der Waals surface area (Å²) in [5.41, 5.74) is 5.55. The Hall–Kier alpha value is -0.570. The normalized spacial score (nSPS) is 19.6. The van der Waals surface area contributed by atoms with Gasteiger partial charge >= 0.3 is 5.97 Å². The Balaban J connectivity index is 2.02. The molecule has 1 aliphatic rings. The summed E-state index contributed by atoms with van der Waals surface area (Å²) in [6, 6.07) is 0.0917. The lowest BCUT2D eigenvalue weighted by Gasteiger charge is -2.10.